The Bertz CT molecular complexity index is 458. The zero-order chi connectivity index (χ0) is 14.8. The van der Waals surface area contributed by atoms with Crippen molar-refractivity contribution in [3.8, 4) is 0 Å². The molecule has 1 fully saturated rings. The van der Waals surface area contributed by atoms with Gasteiger partial charge in [0.25, 0.3) is 0 Å². The van der Waals surface area contributed by atoms with Gasteiger partial charge in [-0.3, -0.25) is 0 Å². The summed E-state index contributed by atoms with van der Waals surface area (Å²) < 4.78 is 6.24. The van der Waals surface area contributed by atoms with Crippen LogP contribution in [0.1, 0.15) is 26.7 Å². The number of rotatable bonds is 4. The second-order valence-electron chi connectivity index (χ2n) is 5.82. The Morgan fingerprint density at radius 3 is 2.55 bits per heavy atom. The van der Waals surface area contributed by atoms with Gasteiger partial charge in [0.15, 0.2) is 0 Å². The Labute approximate surface area is 126 Å². The second kappa shape index (κ2) is 6.30. The van der Waals surface area contributed by atoms with Gasteiger partial charge in [-0.15, -0.1) is 0 Å². The van der Waals surface area contributed by atoms with E-state index in [1.807, 2.05) is 6.07 Å². The van der Waals surface area contributed by atoms with Crippen molar-refractivity contribution in [1.82, 2.24) is 0 Å². The third-order valence-corrected chi connectivity index (χ3v) is 6.92. The molecule has 1 aromatic rings. The number of esters is 1. The molecule has 0 aliphatic heterocycles. The summed E-state index contributed by atoms with van der Waals surface area (Å²) in [6, 6.07) is 10.4. The van der Waals surface area contributed by atoms with Gasteiger partial charge >= 0.3 is 126 Å². The van der Waals surface area contributed by atoms with Crippen LogP contribution in [0, 0.1) is 11.8 Å². The van der Waals surface area contributed by atoms with Crippen LogP contribution in [-0.4, -0.2) is 39.2 Å². The predicted octanol–water partition coefficient (Wildman–Crippen LogP) is 1.77. The number of carbonyl (C=O) groups is 1. The molecule has 1 aromatic carbocycles. The van der Waals surface area contributed by atoms with Gasteiger partial charge in [-0.1, -0.05) is 0 Å². The fourth-order valence-electron chi connectivity index (χ4n) is 3.08. The van der Waals surface area contributed by atoms with Crippen LogP contribution in [0.4, 0.5) is 0 Å². The number of methoxy groups -OCH3 is 1. The van der Waals surface area contributed by atoms with E-state index in [1.54, 1.807) is 0 Å². The van der Waals surface area contributed by atoms with Crippen LogP contribution in [0.3, 0.4) is 0 Å². The first-order valence-corrected chi connectivity index (χ1v) is 8.67. The molecule has 0 heterocycles. The Morgan fingerprint density at radius 2 is 1.95 bits per heavy atom. The van der Waals surface area contributed by atoms with Gasteiger partial charge in [0.2, 0.25) is 0 Å². The van der Waals surface area contributed by atoms with Crippen molar-refractivity contribution in [3.05, 3.63) is 30.3 Å². The van der Waals surface area contributed by atoms with Crippen molar-refractivity contribution < 1.29 is 14.6 Å². The van der Waals surface area contributed by atoms with Gasteiger partial charge in [-0.05, 0) is 0 Å². The standard InChI is InChI=1S/C16H22O3Se/c1-16(2,20-11-7-5-4-6-8-11)12-9-10-13(17)14(12)15(18)19-3/h4-8,12-14,17H,9-10H2,1-3H3/t12-,13-,14+/m0/s1. The van der Waals surface area contributed by atoms with E-state index in [0.29, 0.717) is 6.42 Å². The van der Waals surface area contributed by atoms with Gasteiger partial charge in [-0.25, -0.2) is 0 Å². The Kier molecular flexibility index (Phi) is 4.90. The summed E-state index contributed by atoms with van der Waals surface area (Å²) >= 11 is 0.259. The van der Waals surface area contributed by atoms with Gasteiger partial charge in [0.05, 0.1) is 0 Å². The molecule has 4 heteroatoms. The van der Waals surface area contributed by atoms with Crippen molar-refractivity contribution in [2.45, 2.75) is 37.1 Å². The van der Waals surface area contributed by atoms with E-state index in [0.717, 1.165) is 6.42 Å². The summed E-state index contributed by atoms with van der Waals surface area (Å²) in [6.07, 6.45) is 1.03. The van der Waals surface area contributed by atoms with Gasteiger partial charge < -0.3 is 0 Å². The van der Waals surface area contributed by atoms with E-state index in [4.69, 9.17) is 4.74 Å². The van der Waals surface area contributed by atoms with Crippen molar-refractivity contribution in [2.75, 3.05) is 7.11 Å². The first kappa shape index (κ1) is 15.6. The quantitative estimate of drug-likeness (QED) is 0.671. The molecule has 20 heavy (non-hydrogen) atoms. The zero-order valence-electron chi connectivity index (χ0n) is 12.2. The van der Waals surface area contributed by atoms with E-state index >= 15 is 0 Å². The molecule has 0 aromatic heterocycles. The normalized spacial score (nSPS) is 26.5. The Hall–Kier alpha value is -0.831. The maximum atomic E-state index is 12.0. The van der Waals surface area contributed by atoms with Crippen LogP contribution in [-0.2, 0) is 9.53 Å². The van der Waals surface area contributed by atoms with Crippen molar-refractivity contribution in [1.29, 1.82) is 0 Å². The minimum absolute atomic E-state index is 0.0185. The van der Waals surface area contributed by atoms with Gasteiger partial charge in [0, 0.05) is 0 Å². The number of aliphatic hydroxyl groups is 1. The molecule has 1 N–H and O–H groups in total. The molecule has 0 unspecified atom stereocenters. The van der Waals surface area contributed by atoms with Gasteiger partial charge in [-0.2, -0.15) is 0 Å². The summed E-state index contributed by atoms with van der Waals surface area (Å²) in [5.74, 6) is -0.456. The summed E-state index contributed by atoms with van der Waals surface area (Å²) in [7, 11) is 1.40. The molecule has 110 valence electrons. The molecular weight excluding hydrogens is 319 g/mol. The first-order valence-electron chi connectivity index (χ1n) is 6.95. The van der Waals surface area contributed by atoms with Crippen LogP contribution < -0.4 is 4.46 Å². The van der Waals surface area contributed by atoms with E-state index < -0.39 is 6.10 Å². The van der Waals surface area contributed by atoms with Crippen LogP contribution in [0.25, 0.3) is 0 Å². The third kappa shape index (κ3) is 3.25. The molecule has 1 aliphatic rings. The SMILES string of the molecule is COC(=O)[C@H]1[C@@H](O)CC[C@@H]1C(C)(C)[Se]c1ccccc1. The molecule has 1 saturated carbocycles. The van der Waals surface area contributed by atoms with E-state index in [-0.39, 0.29) is 37.1 Å². The summed E-state index contributed by atoms with van der Waals surface area (Å²) in [5.41, 5.74) is 0. The van der Waals surface area contributed by atoms with E-state index in [2.05, 4.69) is 38.1 Å². The van der Waals surface area contributed by atoms with Crippen LogP contribution in [0.15, 0.2) is 30.3 Å². The molecule has 0 radical (unpaired) electrons. The second-order valence-corrected chi connectivity index (χ2v) is 9.44. The summed E-state index contributed by atoms with van der Waals surface area (Å²) in [4.78, 5) is 12.0. The molecule has 0 amide bonds. The molecule has 0 saturated heterocycles. The van der Waals surface area contributed by atoms with Gasteiger partial charge in [0.1, 0.15) is 0 Å². The number of hydrogen-bond donors (Lipinski definition) is 1. The number of hydrogen-bond acceptors (Lipinski definition) is 3. The Morgan fingerprint density at radius 1 is 1.30 bits per heavy atom. The van der Waals surface area contributed by atoms with Crippen LogP contribution in [0.5, 0.6) is 0 Å². The van der Waals surface area contributed by atoms with Crippen molar-refractivity contribution in [2.24, 2.45) is 11.8 Å². The fraction of sp³-hybridized carbons (Fsp3) is 0.562. The summed E-state index contributed by atoms with van der Waals surface area (Å²) in [5, 5.41) is 10.1. The van der Waals surface area contributed by atoms with E-state index in [9.17, 15) is 9.90 Å². The maximum absolute atomic E-state index is 12.0. The fourth-order valence-corrected chi connectivity index (χ4v) is 5.85. The van der Waals surface area contributed by atoms with Crippen LogP contribution in [0.2, 0.25) is 4.31 Å². The first-order chi connectivity index (χ1) is 9.45. The topological polar surface area (TPSA) is 46.5 Å². The monoisotopic (exact) mass is 342 g/mol. The molecule has 2 rings (SSSR count). The minimum atomic E-state index is -0.557. The number of ether oxygens (including phenoxy) is 1. The van der Waals surface area contributed by atoms with Crippen molar-refractivity contribution >= 4 is 25.4 Å². The molecule has 1 aliphatic carbocycles. The molecule has 3 nitrogen and oxygen atoms in total. The number of aliphatic hydroxyl groups excluding tert-OH is 1. The third-order valence-electron chi connectivity index (χ3n) is 4.11. The number of carbonyl (C=O) groups excluding carboxylic acids is 1. The number of benzene rings is 1. The average molecular weight is 341 g/mol. The summed E-state index contributed by atoms with van der Waals surface area (Å²) in [6.45, 7) is 4.41. The van der Waals surface area contributed by atoms with E-state index in [1.165, 1.54) is 11.6 Å². The zero-order valence-corrected chi connectivity index (χ0v) is 13.9. The predicted molar refractivity (Wildman–Crippen MR) is 80.1 cm³/mol. The molecule has 3 atom stereocenters. The Balaban J connectivity index is 2.17. The molecular formula is C16H22O3Se. The molecule has 0 spiro atoms. The van der Waals surface area contributed by atoms with Crippen LogP contribution >= 0.6 is 0 Å². The van der Waals surface area contributed by atoms with Crippen molar-refractivity contribution in [3.63, 3.8) is 0 Å². The average Bonchev–Trinajstić information content (AvgIpc) is 2.81. The molecule has 0 bridgehead atoms.